The maximum absolute atomic E-state index is 2.40. The second kappa shape index (κ2) is 15.3. The van der Waals surface area contributed by atoms with Crippen molar-refractivity contribution in [1.82, 2.24) is 0 Å². The third kappa shape index (κ3) is 7.18. The molecule has 2 saturated carbocycles. The van der Waals surface area contributed by atoms with E-state index < -0.39 is 0 Å². The molecule has 2 heterocycles. The van der Waals surface area contributed by atoms with E-state index in [9.17, 15) is 0 Å². The minimum absolute atomic E-state index is 0. The molecule has 3 heteroatoms. The molecule has 0 radical (unpaired) electrons. The molecule has 4 aliphatic rings. The van der Waals surface area contributed by atoms with Crippen LogP contribution in [0.3, 0.4) is 0 Å². The van der Waals surface area contributed by atoms with E-state index in [1.807, 2.05) is 0 Å². The fourth-order valence-corrected chi connectivity index (χ4v) is 14.9. The van der Waals surface area contributed by atoms with Crippen LogP contribution in [0.2, 0.25) is 0 Å². The molecule has 0 bridgehead atoms. The summed E-state index contributed by atoms with van der Waals surface area (Å²) in [5, 5.41) is 0. The molecular formula is C26H52FeP2. The minimum atomic E-state index is 0. The fraction of sp³-hybridized carbons (Fsp3) is 0.923. The molecule has 4 rings (SSSR count). The van der Waals surface area contributed by atoms with Gasteiger partial charge in [0.2, 0.25) is 0 Å². The molecule has 0 nitrogen and oxygen atoms in total. The van der Waals surface area contributed by atoms with Crippen LogP contribution in [-0.2, 0) is 17.1 Å². The normalized spacial score (nSPS) is 32.7. The van der Waals surface area contributed by atoms with Gasteiger partial charge < -0.3 is 14.9 Å². The van der Waals surface area contributed by atoms with E-state index in [-0.39, 0.29) is 31.9 Å². The monoisotopic (exact) mass is 482 g/mol. The van der Waals surface area contributed by atoms with Crippen LogP contribution < -0.4 is 0 Å². The van der Waals surface area contributed by atoms with Gasteiger partial charge in [0.05, 0.1) is 0 Å². The van der Waals surface area contributed by atoms with Gasteiger partial charge in [-0.1, -0.05) is 69.2 Å². The zero-order valence-electron chi connectivity index (χ0n) is 20.6. The summed E-state index contributed by atoms with van der Waals surface area (Å²) in [6.45, 7) is 9.61. The van der Waals surface area contributed by atoms with Gasteiger partial charge in [0.1, 0.15) is 0 Å². The van der Waals surface area contributed by atoms with Crippen LogP contribution in [0.25, 0.3) is 0 Å². The average molecular weight is 482 g/mol. The Balaban J connectivity index is 0.000000490. The van der Waals surface area contributed by atoms with Crippen LogP contribution in [0.1, 0.15) is 118 Å². The van der Waals surface area contributed by atoms with E-state index in [0.717, 1.165) is 0 Å². The molecule has 0 aromatic carbocycles. The zero-order chi connectivity index (χ0) is 18.5. The van der Waals surface area contributed by atoms with Gasteiger partial charge in [-0.05, 0) is 98.2 Å². The Hall–Kier alpha value is 1.38. The molecule has 4 fully saturated rings. The van der Waals surface area contributed by atoms with Gasteiger partial charge in [-0.15, -0.1) is 0 Å². The minimum Gasteiger partial charge on any atom is -0.358 e. The third-order valence-electron chi connectivity index (χ3n) is 8.15. The Bertz CT molecular complexity index is 346. The summed E-state index contributed by atoms with van der Waals surface area (Å²) in [5.74, 6) is 0. The molecule has 29 heavy (non-hydrogen) atoms. The van der Waals surface area contributed by atoms with Gasteiger partial charge in [-0.2, -0.15) is 0 Å². The maximum Gasteiger partial charge on any atom is 2.00 e. The van der Waals surface area contributed by atoms with Crippen LogP contribution in [0.4, 0.5) is 0 Å². The summed E-state index contributed by atoms with van der Waals surface area (Å²) < 4.78 is 0. The largest absolute Gasteiger partial charge is 2.00 e. The zero-order valence-corrected chi connectivity index (χ0v) is 23.5. The quantitative estimate of drug-likeness (QED) is 0.201. The first kappa shape index (κ1) is 30.4. The first-order valence-electron chi connectivity index (χ1n) is 12.3. The van der Waals surface area contributed by atoms with Crippen LogP contribution >= 0.6 is 15.8 Å². The Labute approximate surface area is 198 Å². The molecule has 2 aliphatic carbocycles. The molecule has 0 spiro atoms. The molecular weight excluding hydrogens is 430 g/mol. The Morgan fingerprint density at radius 3 is 0.966 bits per heavy atom. The van der Waals surface area contributed by atoms with Crippen molar-refractivity contribution >= 4 is 15.8 Å². The molecule has 2 aliphatic heterocycles. The predicted octanol–water partition coefficient (Wildman–Crippen LogP) is 9.64. The Morgan fingerprint density at radius 1 is 0.517 bits per heavy atom. The van der Waals surface area contributed by atoms with Gasteiger partial charge in [0.15, 0.2) is 0 Å². The van der Waals surface area contributed by atoms with Crippen molar-refractivity contribution in [3.8, 4) is 0 Å². The van der Waals surface area contributed by atoms with E-state index in [0.29, 0.717) is 15.8 Å². The summed E-state index contributed by atoms with van der Waals surface area (Å²) in [7, 11) is 0.948. The first-order chi connectivity index (χ1) is 12.7. The molecule has 0 amide bonds. The van der Waals surface area contributed by atoms with E-state index in [2.05, 4.69) is 27.7 Å². The van der Waals surface area contributed by atoms with Gasteiger partial charge in [-0.3, -0.25) is 0 Å². The van der Waals surface area contributed by atoms with E-state index in [1.165, 1.54) is 85.3 Å². The number of rotatable bonds is 6. The van der Waals surface area contributed by atoms with Gasteiger partial charge in [-0.25, -0.2) is 0 Å². The SMILES string of the molecule is CC[C@H]1C[C@H](CC)P1C1CCCC1.CC[C@H]1C[C@H](CC)P1C1CCCC1.[CH3-].[CH3-].[Fe+2]. The molecule has 4 atom stereocenters. The molecule has 174 valence electrons. The Morgan fingerprint density at radius 2 is 0.759 bits per heavy atom. The standard InChI is InChI=1S/2C12H23P.2CH3.Fe/c2*1-3-10-9-11(4-2)13(10)12-7-5-6-8-12;;;/h2*10-12H,3-9H2,1-2H3;2*1H3;/q;;2*-1;+2/t2*10-,11-;;;/m00.../s1. The molecule has 0 unspecified atom stereocenters. The predicted molar refractivity (Wildman–Crippen MR) is 137 cm³/mol. The van der Waals surface area contributed by atoms with Crippen molar-refractivity contribution in [1.29, 1.82) is 0 Å². The second-order valence-corrected chi connectivity index (χ2v) is 15.7. The van der Waals surface area contributed by atoms with Crippen molar-refractivity contribution in [2.75, 3.05) is 0 Å². The average Bonchev–Trinajstić information content (AvgIpc) is 3.30. The smallest absolute Gasteiger partial charge is 0.358 e. The fourth-order valence-electron chi connectivity index (χ4n) is 6.54. The maximum atomic E-state index is 2.40. The van der Waals surface area contributed by atoms with Gasteiger partial charge in [0, 0.05) is 0 Å². The van der Waals surface area contributed by atoms with Crippen molar-refractivity contribution < 1.29 is 17.1 Å². The van der Waals surface area contributed by atoms with Crippen LogP contribution in [-0.4, -0.2) is 34.0 Å². The van der Waals surface area contributed by atoms with Gasteiger partial charge >= 0.3 is 17.1 Å². The molecule has 0 N–H and O–H groups in total. The third-order valence-corrected chi connectivity index (χ3v) is 16.5. The van der Waals surface area contributed by atoms with Crippen molar-refractivity contribution in [2.45, 2.75) is 152 Å². The van der Waals surface area contributed by atoms with Crippen LogP contribution in [0.15, 0.2) is 0 Å². The van der Waals surface area contributed by atoms with Crippen molar-refractivity contribution in [3.05, 3.63) is 14.9 Å². The van der Waals surface area contributed by atoms with E-state index >= 15 is 0 Å². The molecule has 0 aromatic heterocycles. The second-order valence-electron chi connectivity index (χ2n) is 9.49. The molecule has 2 saturated heterocycles. The molecule has 0 aromatic rings. The van der Waals surface area contributed by atoms with Crippen molar-refractivity contribution in [2.24, 2.45) is 0 Å². The number of hydrogen-bond donors (Lipinski definition) is 0. The summed E-state index contributed by atoms with van der Waals surface area (Å²) in [5.41, 5.74) is 7.06. The van der Waals surface area contributed by atoms with Crippen molar-refractivity contribution in [3.63, 3.8) is 0 Å². The summed E-state index contributed by atoms with van der Waals surface area (Å²) >= 11 is 0. The summed E-state index contributed by atoms with van der Waals surface area (Å²) in [6.07, 6.45) is 21.5. The van der Waals surface area contributed by atoms with Crippen LogP contribution in [0, 0.1) is 14.9 Å². The Kier molecular flexibility index (Phi) is 16.0. The topological polar surface area (TPSA) is 0 Å². The first-order valence-corrected chi connectivity index (χ1v) is 15.4. The van der Waals surface area contributed by atoms with E-state index in [4.69, 9.17) is 0 Å². The van der Waals surface area contributed by atoms with E-state index in [1.54, 1.807) is 38.5 Å². The summed E-state index contributed by atoms with van der Waals surface area (Å²) in [6, 6.07) is 0. The summed E-state index contributed by atoms with van der Waals surface area (Å²) in [4.78, 5) is 0. The van der Waals surface area contributed by atoms with Crippen LogP contribution in [0.5, 0.6) is 0 Å². The number of hydrogen-bond acceptors (Lipinski definition) is 0. The van der Waals surface area contributed by atoms with Gasteiger partial charge in [0.25, 0.3) is 0 Å².